The first-order valence-corrected chi connectivity index (χ1v) is 14.6. The Morgan fingerprint density at radius 1 is 0.909 bits per heavy atom. The van der Waals surface area contributed by atoms with Crippen LogP contribution in [0.3, 0.4) is 0 Å². The molecule has 0 N–H and O–H groups in total. The van der Waals surface area contributed by atoms with Gasteiger partial charge in [-0.3, -0.25) is 9.79 Å². The van der Waals surface area contributed by atoms with Crippen LogP contribution in [0.1, 0.15) is 57.3 Å². The highest BCUT2D eigenvalue weighted by molar-refractivity contribution is 6.03. The van der Waals surface area contributed by atoms with Gasteiger partial charge in [0.05, 0.1) is 38.1 Å². The van der Waals surface area contributed by atoms with E-state index in [1.165, 1.54) is 19.2 Å². The molecule has 0 saturated carbocycles. The van der Waals surface area contributed by atoms with Crippen molar-refractivity contribution in [3.63, 3.8) is 0 Å². The predicted octanol–water partition coefficient (Wildman–Crippen LogP) is 7.54. The fraction of sp³-hybridized carbons (Fsp3) is 0.412. The summed E-state index contributed by atoms with van der Waals surface area (Å²) in [5, 5.41) is 0. The number of rotatable bonds is 12. The molecule has 9 nitrogen and oxygen atoms in total. The van der Waals surface area contributed by atoms with Crippen molar-refractivity contribution in [2.24, 2.45) is 10.4 Å². The zero-order valence-electron chi connectivity index (χ0n) is 26.0. The van der Waals surface area contributed by atoms with Crippen molar-refractivity contribution in [3.8, 4) is 34.5 Å². The molecule has 2 aliphatic rings. The summed E-state index contributed by atoms with van der Waals surface area (Å²) in [7, 11) is 3.10. The molecule has 1 saturated heterocycles. The van der Waals surface area contributed by atoms with Gasteiger partial charge in [-0.2, -0.15) is 4.89 Å². The van der Waals surface area contributed by atoms with Crippen LogP contribution in [-0.2, 0) is 4.89 Å². The van der Waals surface area contributed by atoms with E-state index in [4.69, 9.17) is 28.7 Å². The topological polar surface area (TPSA) is 88.1 Å². The average Bonchev–Trinajstić information content (AvgIpc) is 3.43. The number of hydrogen-bond donors (Lipinski definition) is 0. The molecule has 1 unspecified atom stereocenters. The molecule has 3 aromatic rings. The fourth-order valence-corrected chi connectivity index (χ4v) is 5.67. The first-order valence-electron chi connectivity index (χ1n) is 14.6. The van der Waals surface area contributed by atoms with Gasteiger partial charge < -0.3 is 28.7 Å². The molecule has 0 aliphatic carbocycles. The van der Waals surface area contributed by atoms with Gasteiger partial charge in [-0.1, -0.05) is 13.8 Å². The maximum atomic E-state index is 14.8. The van der Waals surface area contributed by atoms with Gasteiger partial charge in [0.1, 0.15) is 22.8 Å². The van der Waals surface area contributed by atoms with Gasteiger partial charge in [-0.15, -0.1) is 0 Å². The second-order valence-electron chi connectivity index (χ2n) is 12.4. The number of fused-ring (bicyclic) bond motifs is 2. The van der Waals surface area contributed by atoms with Gasteiger partial charge in [0, 0.05) is 30.3 Å². The predicted molar refractivity (Wildman–Crippen MR) is 164 cm³/mol. The molecule has 2 heterocycles. The van der Waals surface area contributed by atoms with Crippen LogP contribution in [0.25, 0.3) is 0 Å². The Morgan fingerprint density at radius 2 is 1.64 bits per heavy atom. The number of ether oxygens (including phenoxy) is 4. The molecule has 5 rings (SSSR count). The highest BCUT2D eigenvalue weighted by atomic mass is 19.1. The number of carbonyl (C=O) groups excluding carboxylic acids is 1. The minimum absolute atomic E-state index is 0.00650. The molecular formula is C34H39FN2O7. The first-order chi connectivity index (χ1) is 21.0. The number of benzene rings is 3. The van der Waals surface area contributed by atoms with Gasteiger partial charge >= 0.3 is 0 Å². The largest absolute Gasteiger partial charge is 0.497 e. The van der Waals surface area contributed by atoms with Crippen LogP contribution in [0.15, 0.2) is 59.6 Å². The third kappa shape index (κ3) is 7.24. The van der Waals surface area contributed by atoms with Gasteiger partial charge in [-0.05, 0) is 75.6 Å². The van der Waals surface area contributed by atoms with Gasteiger partial charge in [-0.25, -0.2) is 4.39 Å². The SMILES string of the molecule is COc1ccc(Oc2ccc(OCC(C)(C)CC(C)(C)OOc3cc4c(cc3OC)C(=O)N3CCCC3C=N4)cc2F)cc1. The number of amides is 1. The summed E-state index contributed by atoms with van der Waals surface area (Å²) in [6.07, 6.45) is 4.24. The maximum absolute atomic E-state index is 14.8. The van der Waals surface area contributed by atoms with Crippen LogP contribution in [-0.4, -0.2) is 56.0 Å². The maximum Gasteiger partial charge on any atom is 0.256 e. The average molecular weight is 607 g/mol. The van der Waals surface area contributed by atoms with E-state index in [1.807, 2.05) is 38.8 Å². The van der Waals surface area contributed by atoms with E-state index in [9.17, 15) is 9.18 Å². The van der Waals surface area contributed by atoms with E-state index < -0.39 is 11.4 Å². The summed E-state index contributed by atoms with van der Waals surface area (Å²) in [5.41, 5.74) is -0.122. The van der Waals surface area contributed by atoms with E-state index >= 15 is 0 Å². The monoisotopic (exact) mass is 606 g/mol. The standard InChI is InChI=1S/C34H39FN2O7/c1-33(2,21-41-25-13-14-29(27(35)16-25)42-24-11-9-23(39-5)10-12-24)20-34(3,4)44-43-31-18-28-26(17-30(31)40-6)32(38)37-15-7-8-22(37)19-36-28/h9-14,16-19,22H,7-8,15,20-21H2,1-6H3. The van der Waals surface area contributed by atoms with E-state index in [0.717, 1.165) is 12.8 Å². The van der Waals surface area contributed by atoms with Gasteiger partial charge in [0.15, 0.2) is 17.3 Å². The molecule has 0 aromatic heterocycles. The summed E-state index contributed by atoms with van der Waals surface area (Å²) in [6.45, 7) is 8.90. The Morgan fingerprint density at radius 3 is 2.34 bits per heavy atom. The smallest absolute Gasteiger partial charge is 0.256 e. The second-order valence-corrected chi connectivity index (χ2v) is 12.4. The summed E-state index contributed by atoms with van der Waals surface area (Å²) < 4.78 is 37.1. The molecule has 0 spiro atoms. The lowest BCUT2D eigenvalue weighted by molar-refractivity contribution is -0.289. The van der Waals surface area contributed by atoms with Crippen molar-refractivity contribution in [3.05, 3.63) is 66.0 Å². The molecule has 1 fully saturated rings. The number of carbonyl (C=O) groups is 1. The molecule has 234 valence electrons. The molecular weight excluding hydrogens is 567 g/mol. The van der Waals surface area contributed by atoms with Gasteiger partial charge in [0.25, 0.3) is 5.91 Å². The van der Waals surface area contributed by atoms with Crippen molar-refractivity contribution in [2.45, 2.75) is 58.6 Å². The Bertz CT molecular complexity index is 1520. The Labute approximate surface area is 257 Å². The van der Waals surface area contributed by atoms with Crippen LogP contribution in [0.4, 0.5) is 10.1 Å². The van der Waals surface area contributed by atoms with Crippen molar-refractivity contribution in [2.75, 3.05) is 27.4 Å². The van der Waals surface area contributed by atoms with Crippen molar-refractivity contribution >= 4 is 17.8 Å². The lowest BCUT2D eigenvalue weighted by Crippen LogP contribution is -2.36. The van der Waals surface area contributed by atoms with Crippen LogP contribution >= 0.6 is 0 Å². The minimum Gasteiger partial charge on any atom is -0.497 e. The minimum atomic E-state index is -0.742. The fourth-order valence-electron chi connectivity index (χ4n) is 5.67. The molecule has 1 amide bonds. The zero-order valence-corrected chi connectivity index (χ0v) is 26.0. The van der Waals surface area contributed by atoms with Crippen LogP contribution in [0.5, 0.6) is 34.5 Å². The van der Waals surface area contributed by atoms with E-state index in [-0.39, 0.29) is 23.1 Å². The molecule has 10 heteroatoms. The number of nitrogens with zero attached hydrogens (tertiary/aromatic N) is 2. The normalized spacial score (nSPS) is 16.2. The van der Waals surface area contributed by atoms with E-state index in [1.54, 1.807) is 49.6 Å². The van der Waals surface area contributed by atoms with Crippen molar-refractivity contribution in [1.82, 2.24) is 4.90 Å². The number of hydrogen-bond acceptors (Lipinski definition) is 8. The molecule has 44 heavy (non-hydrogen) atoms. The lowest BCUT2D eigenvalue weighted by Gasteiger charge is -2.33. The van der Waals surface area contributed by atoms with Gasteiger partial charge in [0.2, 0.25) is 5.75 Å². The Kier molecular flexibility index (Phi) is 9.01. The number of aliphatic imine (C=N–C) groups is 1. The first kappa shape index (κ1) is 31.1. The Balaban J connectivity index is 1.18. The summed E-state index contributed by atoms with van der Waals surface area (Å²) in [6, 6.07) is 14.8. The number of methoxy groups -OCH3 is 2. The molecule has 1 atom stereocenters. The summed E-state index contributed by atoms with van der Waals surface area (Å²) in [4.78, 5) is 31.3. The molecule has 3 aromatic carbocycles. The zero-order chi connectivity index (χ0) is 31.5. The van der Waals surface area contributed by atoms with Crippen molar-refractivity contribution < 1.29 is 37.9 Å². The highest BCUT2D eigenvalue weighted by Gasteiger charge is 2.34. The summed E-state index contributed by atoms with van der Waals surface area (Å²) >= 11 is 0. The summed E-state index contributed by atoms with van der Waals surface area (Å²) in [5.74, 6) is 1.77. The third-order valence-corrected chi connectivity index (χ3v) is 7.54. The highest BCUT2D eigenvalue weighted by Crippen LogP contribution is 2.40. The Hall–Kier alpha value is -4.31. The molecule has 2 aliphatic heterocycles. The van der Waals surface area contributed by atoms with Crippen LogP contribution in [0.2, 0.25) is 0 Å². The van der Waals surface area contributed by atoms with Crippen molar-refractivity contribution in [1.29, 1.82) is 0 Å². The van der Waals surface area contributed by atoms with E-state index in [0.29, 0.717) is 59.6 Å². The molecule has 0 bridgehead atoms. The van der Waals surface area contributed by atoms with E-state index in [2.05, 4.69) is 4.99 Å². The lowest BCUT2D eigenvalue weighted by atomic mass is 9.82. The number of halogens is 1. The van der Waals surface area contributed by atoms with Crippen LogP contribution < -0.4 is 23.8 Å². The van der Waals surface area contributed by atoms with Crippen LogP contribution in [0, 0.1) is 11.2 Å². The molecule has 0 radical (unpaired) electrons. The second kappa shape index (κ2) is 12.7. The third-order valence-electron chi connectivity index (χ3n) is 7.54. The quantitative estimate of drug-likeness (QED) is 0.155.